The molecule has 0 aliphatic rings. The molecule has 0 saturated carbocycles. The lowest BCUT2D eigenvalue weighted by Crippen LogP contribution is -2.12. The van der Waals surface area contributed by atoms with Crippen LogP contribution in [0.5, 0.6) is 0 Å². The van der Waals surface area contributed by atoms with Gasteiger partial charge < -0.3 is 5.32 Å². The SMILES string of the molecule is FC(F)(F)Sc1ccc(CNCc2ccn[nH]2)cc1. The first-order chi connectivity index (χ1) is 9.03. The maximum absolute atomic E-state index is 12.1. The predicted molar refractivity (Wildman–Crippen MR) is 67.5 cm³/mol. The Bertz CT molecular complexity index is 494. The summed E-state index contributed by atoms with van der Waals surface area (Å²) in [6, 6.07) is 8.19. The second-order valence-corrected chi connectivity index (χ2v) is 5.02. The third-order valence-corrected chi connectivity index (χ3v) is 3.10. The van der Waals surface area contributed by atoms with Crippen LogP contribution in [-0.2, 0) is 13.1 Å². The van der Waals surface area contributed by atoms with Crippen LogP contribution in [0.25, 0.3) is 0 Å². The van der Waals surface area contributed by atoms with Crippen LogP contribution in [0.2, 0.25) is 0 Å². The molecule has 2 rings (SSSR count). The third-order valence-electron chi connectivity index (χ3n) is 2.36. The van der Waals surface area contributed by atoms with E-state index >= 15 is 0 Å². The first-order valence-corrected chi connectivity index (χ1v) is 6.38. The van der Waals surface area contributed by atoms with E-state index in [4.69, 9.17) is 0 Å². The molecule has 2 N–H and O–H groups in total. The van der Waals surface area contributed by atoms with Crippen LogP contribution < -0.4 is 5.32 Å². The predicted octanol–water partition coefficient (Wildman–Crippen LogP) is 3.31. The van der Waals surface area contributed by atoms with Gasteiger partial charge in [0.2, 0.25) is 0 Å². The van der Waals surface area contributed by atoms with Crippen molar-refractivity contribution in [2.45, 2.75) is 23.5 Å². The molecule has 0 spiro atoms. The quantitative estimate of drug-likeness (QED) is 0.829. The highest BCUT2D eigenvalue weighted by atomic mass is 32.2. The molecule has 1 aromatic heterocycles. The fourth-order valence-corrected chi connectivity index (χ4v) is 2.07. The molecule has 2 aromatic rings. The standard InChI is InChI=1S/C12H12F3N3S/c13-12(14,15)19-11-3-1-9(2-4-11)7-16-8-10-5-6-17-18-10/h1-6,16H,7-8H2,(H,17,18). The molecule has 102 valence electrons. The molecular formula is C12H12F3N3S. The number of aromatic amines is 1. The van der Waals surface area contributed by atoms with Gasteiger partial charge in [0, 0.05) is 29.9 Å². The monoisotopic (exact) mass is 287 g/mol. The van der Waals surface area contributed by atoms with Crippen LogP contribution in [0.3, 0.4) is 0 Å². The van der Waals surface area contributed by atoms with Crippen LogP contribution in [0.15, 0.2) is 41.4 Å². The van der Waals surface area contributed by atoms with E-state index in [1.165, 1.54) is 12.1 Å². The number of nitrogens with zero attached hydrogens (tertiary/aromatic N) is 1. The Morgan fingerprint density at radius 2 is 1.84 bits per heavy atom. The van der Waals surface area contributed by atoms with Crippen molar-refractivity contribution in [3.63, 3.8) is 0 Å². The van der Waals surface area contributed by atoms with Crippen molar-refractivity contribution in [3.8, 4) is 0 Å². The zero-order chi connectivity index (χ0) is 13.7. The molecule has 0 radical (unpaired) electrons. The summed E-state index contributed by atoms with van der Waals surface area (Å²) in [6.07, 6.45) is 1.67. The van der Waals surface area contributed by atoms with Crippen LogP contribution in [0.4, 0.5) is 13.2 Å². The van der Waals surface area contributed by atoms with Gasteiger partial charge in [-0.25, -0.2) is 0 Å². The lowest BCUT2D eigenvalue weighted by molar-refractivity contribution is -0.0328. The van der Waals surface area contributed by atoms with Crippen molar-refractivity contribution in [2.75, 3.05) is 0 Å². The molecule has 19 heavy (non-hydrogen) atoms. The highest BCUT2D eigenvalue weighted by molar-refractivity contribution is 8.00. The van der Waals surface area contributed by atoms with E-state index in [9.17, 15) is 13.2 Å². The molecule has 0 bridgehead atoms. The Hall–Kier alpha value is -1.47. The summed E-state index contributed by atoms with van der Waals surface area (Å²) >= 11 is -0.102. The first-order valence-electron chi connectivity index (χ1n) is 5.56. The normalized spacial score (nSPS) is 11.7. The minimum atomic E-state index is -4.24. The number of thioether (sulfide) groups is 1. The molecule has 0 fully saturated rings. The van der Waals surface area contributed by atoms with E-state index < -0.39 is 5.51 Å². The van der Waals surface area contributed by atoms with E-state index in [1.807, 2.05) is 6.07 Å². The lowest BCUT2D eigenvalue weighted by atomic mass is 10.2. The highest BCUT2D eigenvalue weighted by Gasteiger charge is 2.28. The Balaban J connectivity index is 1.81. The number of hydrogen-bond donors (Lipinski definition) is 2. The van der Waals surface area contributed by atoms with Crippen molar-refractivity contribution in [2.24, 2.45) is 0 Å². The van der Waals surface area contributed by atoms with Crippen LogP contribution in [0.1, 0.15) is 11.3 Å². The molecule has 0 saturated heterocycles. The number of rotatable bonds is 5. The number of benzene rings is 1. The third kappa shape index (κ3) is 4.96. The molecule has 0 amide bonds. The maximum atomic E-state index is 12.1. The Kier molecular flexibility index (Phi) is 4.49. The van der Waals surface area contributed by atoms with Crippen molar-refractivity contribution in [1.82, 2.24) is 15.5 Å². The van der Waals surface area contributed by atoms with Gasteiger partial charge in [-0.3, -0.25) is 5.10 Å². The van der Waals surface area contributed by atoms with Gasteiger partial charge in [-0.1, -0.05) is 12.1 Å². The number of alkyl halides is 3. The van der Waals surface area contributed by atoms with Crippen molar-refractivity contribution >= 4 is 11.8 Å². The molecule has 1 aromatic carbocycles. The van der Waals surface area contributed by atoms with Gasteiger partial charge in [-0.15, -0.1) is 0 Å². The number of H-pyrrole nitrogens is 1. The molecule has 0 atom stereocenters. The Labute approximate surface area is 112 Å². The molecule has 0 aliphatic carbocycles. The smallest absolute Gasteiger partial charge is 0.307 e. The average Bonchev–Trinajstić information content (AvgIpc) is 2.82. The number of hydrogen-bond acceptors (Lipinski definition) is 3. The summed E-state index contributed by atoms with van der Waals surface area (Å²) in [5, 5.41) is 9.81. The van der Waals surface area contributed by atoms with Gasteiger partial charge in [0.1, 0.15) is 0 Å². The fraction of sp³-hybridized carbons (Fsp3) is 0.250. The van der Waals surface area contributed by atoms with E-state index in [-0.39, 0.29) is 16.7 Å². The summed E-state index contributed by atoms with van der Waals surface area (Å²) in [4.78, 5) is 0.199. The Morgan fingerprint density at radius 3 is 2.42 bits per heavy atom. The topological polar surface area (TPSA) is 40.7 Å². The summed E-state index contributed by atoms with van der Waals surface area (Å²) in [7, 11) is 0. The van der Waals surface area contributed by atoms with E-state index in [0.29, 0.717) is 13.1 Å². The zero-order valence-corrected chi connectivity index (χ0v) is 10.7. The first kappa shape index (κ1) is 14.0. The van der Waals surface area contributed by atoms with Gasteiger partial charge >= 0.3 is 5.51 Å². The molecule has 0 unspecified atom stereocenters. The fourth-order valence-electron chi connectivity index (χ4n) is 1.53. The minimum Gasteiger partial charge on any atom is -0.307 e. The number of aromatic nitrogens is 2. The van der Waals surface area contributed by atoms with E-state index in [1.54, 1.807) is 18.3 Å². The maximum Gasteiger partial charge on any atom is 0.446 e. The summed E-state index contributed by atoms with van der Waals surface area (Å²) < 4.78 is 36.4. The van der Waals surface area contributed by atoms with Gasteiger partial charge in [0.05, 0.1) is 0 Å². The van der Waals surface area contributed by atoms with Crippen LogP contribution in [0, 0.1) is 0 Å². The van der Waals surface area contributed by atoms with E-state index in [2.05, 4.69) is 15.5 Å². The van der Waals surface area contributed by atoms with E-state index in [0.717, 1.165) is 11.3 Å². The molecule has 0 aliphatic heterocycles. The largest absolute Gasteiger partial charge is 0.446 e. The molecule has 7 heteroatoms. The summed E-state index contributed by atoms with van der Waals surface area (Å²) in [6.45, 7) is 1.23. The average molecular weight is 287 g/mol. The Morgan fingerprint density at radius 1 is 1.11 bits per heavy atom. The summed E-state index contributed by atoms with van der Waals surface area (Å²) in [5.41, 5.74) is -2.34. The number of halogens is 3. The van der Waals surface area contributed by atoms with Crippen molar-refractivity contribution in [1.29, 1.82) is 0 Å². The van der Waals surface area contributed by atoms with Crippen molar-refractivity contribution in [3.05, 3.63) is 47.8 Å². The second kappa shape index (κ2) is 6.12. The molecule has 1 heterocycles. The molecular weight excluding hydrogens is 275 g/mol. The molecule has 3 nitrogen and oxygen atoms in total. The van der Waals surface area contributed by atoms with Gasteiger partial charge in [-0.05, 0) is 35.5 Å². The highest BCUT2D eigenvalue weighted by Crippen LogP contribution is 2.36. The summed E-state index contributed by atoms with van der Waals surface area (Å²) in [5.74, 6) is 0. The van der Waals surface area contributed by atoms with Crippen LogP contribution >= 0.6 is 11.8 Å². The van der Waals surface area contributed by atoms with Gasteiger partial charge in [0.25, 0.3) is 0 Å². The minimum absolute atomic E-state index is 0.102. The number of nitrogens with one attached hydrogen (secondary N) is 2. The lowest BCUT2D eigenvalue weighted by Gasteiger charge is -2.07. The van der Waals surface area contributed by atoms with Gasteiger partial charge in [-0.2, -0.15) is 18.3 Å². The van der Waals surface area contributed by atoms with Crippen molar-refractivity contribution < 1.29 is 13.2 Å². The zero-order valence-electron chi connectivity index (χ0n) is 9.87. The van der Waals surface area contributed by atoms with Gasteiger partial charge in [0.15, 0.2) is 0 Å². The second-order valence-electron chi connectivity index (χ2n) is 3.88. The van der Waals surface area contributed by atoms with Crippen LogP contribution in [-0.4, -0.2) is 15.7 Å².